The van der Waals surface area contributed by atoms with Crippen LogP contribution in [-0.2, 0) is 20.9 Å². The lowest BCUT2D eigenvalue weighted by Gasteiger charge is -2.28. The molecule has 1 aliphatic heterocycles. The molecule has 0 radical (unpaired) electrons. The van der Waals surface area contributed by atoms with Gasteiger partial charge < -0.3 is 15.0 Å². The van der Waals surface area contributed by atoms with Crippen molar-refractivity contribution in [2.24, 2.45) is 0 Å². The molecule has 0 saturated carbocycles. The summed E-state index contributed by atoms with van der Waals surface area (Å²) < 4.78 is 18.5. The highest BCUT2D eigenvalue weighted by molar-refractivity contribution is 5.87. The smallest absolute Gasteiger partial charge is 0.242 e. The van der Waals surface area contributed by atoms with Crippen molar-refractivity contribution >= 4 is 11.8 Å². The van der Waals surface area contributed by atoms with Crippen molar-refractivity contribution in [3.63, 3.8) is 0 Å². The lowest BCUT2D eigenvalue weighted by Crippen LogP contribution is -2.48. The molecule has 0 aliphatic carbocycles. The number of benzene rings is 1. The predicted octanol–water partition coefficient (Wildman–Crippen LogP) is 2.25. The van der Waals surface area contributed by atoms with Gasteiger partial charge in [0.05, 0.1) is 6.10 Å². The molecule has 1 aliphatic rings. The van der Waals surface area contributed by atoms with Gasteiger partial charge in [0.15, 0.2) is 0 Å². The van der Waals surface area contributed by atoms with E-state index in [9.17, 15) is 14.0 Å². The minimum atomic E-state index is -0.594. The summed E-state index contributed by atoms with van der Waals surface area (Å²) in [7, 11) is 0. The zero-order valence-electron chi connectivity index (χ0n) is 14.3. The molecule has 6 heteroatoms. The highest BCUT2D eigenvalue weighted by Crippen LogP contribution is 2.13. The Bertz CT molecular complexity index is 556. The molecular formula is C18H25FN2O3. The minimum Gasteiger partial charge on any atom is -0.376 e. The predicted molar refractivity (Wildman–Crippen MR) is 88.7 cm³/mol. The third-order valence-corrected chi connectivity index (χ3v) is 4.26. The number of nitrogens with zero attached hydrogens (tertiary/aromatic N) is 1. The lowest BCUT2D eigenvalue weighted by atomic mass is 10.1. The van der Waals surface area contributed by atoms with Gasteiger partial charge in [-0.2, -0.15) is 0 Å². The molecule has 2 amide bonds. The van der Waals surface area contributed by atoms with Crippen molar-refractivity contribution < 1.29 is 18.7 Å². The van der Waals surface area contributed by atoms with Crippen LogP contribution in [0.1, 0.15) is 38.7 Å². The first-order valence-corrected chi connectivity index (χ1v) is 8.44. The van der Waals surface area contributed by atoms with E-state index in [0.29, 0.717) is 13.0 Å². The van der Waals surface area contributed by atoms with E-state index in [1.807, 2.05) is 0 Å². The van der Waals surface area contributed by atoms with Crippen molar-refractivity contribution in [2.75, 3.05) is 13.2 Å². The van der Waals surface area contributed by atoms with Crippen LogP contribution in [0.5, 0.6) is 0 Å². The first-order valence-electron chi connectivity index (χ1n) is 8.44. The average molecular weight is 336 g/mol. The van der Waals surface area contributed by atoms with Gasteiger partial charge in [0, 0.05) is 26.1 Å². The van der Waals surface area contributed by atoms with E-state index in [2.05, 4.69) is 5.32 Å². The summed E-state index contributed by atoms with van der Waals surface area (Å²) in [5, 5.41) is 2.86. The standard InChI is InChI=1S/C18H25FN2O3/c1-3-17(22)21(12-14-6-8-15(19)9-7-14)13(2)18(23)20-11-16-5-4-10-24-16/h6-9,13,16H,3-5,10-12H2,1-2H3,(H,20,23)/t13-,16-/m1/s1. The molecule has 0 spiro atoms. The van der Waals surface area contributed by atoms with Crippen LogP contribution in [0.3, 0.4) is 0 Å². The molecule has 1 aromatic rings. The summed E-state index contributed by atoms with van der Waals surface area (Å²) in [5.74, 6) is -0.636. The van der Waals surface area contributed by atoms with E-state index in [-0.39, 0.29) is 30.3 Å². The molecular weight excluding hydrogens is 311 g/mol. The Hall–Kier alpha value is -1.95. The van der Waals surface area contributed by atoms with Gasteiger partial charge in [-0.1, -0.05) is 19.1 Å². The van der Waals surface area contributed by atoms with E-state index in [1.165, 1.54) is 17.0 Å². The zero-order valence-corrected chi connectivity index (χ0v) is 14.3. The lowest BCUT2D eigenvalue weighted by molar-refractivity contribution is -0.140. The van der Waals surface area contributed by atoms with E-state index < -0.39 is 6.04 Å². The van der Waals surface area contributed by atoms with Crippen molar-refractivity contribution in [3.05, 3.63) is 35.6 Å². The zero-order chi connectivity index (χ0) is 17.5. The summed E-state index contributed by atoms with van der Waals surface area (Å²) in [6, 6.07) is 5.37. The fourth-order valence-corrected chi connectivity index (χ4v) is 2.74. The second-order valence-electron chi connectivity index (χ2n) is 6.06. The van der Waals surface area contributed by atoms with Crippen molar-refractivity contribution in [3.8, 4) is 0 Å². The molecule has 5 nitrogen and oxygen atoms in total. The number of halogens is 1. The van der Waals surface area contributed by atoms with Crippen LogP contribution in [0.15, 0.2) is 24.3 Å². The Balaban J connectivity index is 1.98. The van der Waals surface area contributed by atoms with Gasteiger partial charge >= 0.3 is 0 Å². The Kier molecular flexibility index (Phi) is 6.73. The fourth-order valence-electron chi connectivity index (χ4n) is 2.74. The van der Waals surface area contributed by atoms with Gasteiger partial charge in [-0.15, -0.1) is 0 Å². The maximum Gasteiger partial charge on any atom is 0.242 e. The largest absolute Gasteiger partial charge is 0.376 e. The highest BCUT2D eigenvalue weighted by atomic mass is 19.1. The normalized spacial score (nSPS) is 18.2. The topological polar surface area (TPSA) is 58.6 Å². The molecule has 1 N–H and O–H groups in total. The molecule has 1 heterocycles. The van der Waals surface area contributed by atoms with E-state index >= 15 is 0 Å². The summed E-state index contributed by atoms with van der Waals surface area (Å²) in [6.45, 7) is 4.95. The van der Waals surface area contributed by atoms with E-state index in [1.54, 1.807) is 26.0 Å². The van der Waals surface area contributed by atoms with Crippen LogP contribution in [0.4, 0.5) is 4.39 Å². The molecule has 0 unspecified atom stereocenters. The minimum absolute atomic E-state index is 0.0635. The molecule has 0 aromatic heterocycles. The Morgan fingerprint density at radius 1 is 1.38 bits per heavy atom. The van der Waals surface area contributed by atoms with Gasteiger partial charge in [0.1, 0.15) is 11.9 Å². The molecule has 132 valence electrons. The fraction of sp³-hybridized carbons (Fsp3) is 0.556. The van der Waals surface area contributed by atoms with Gasteiger partial charge in [0.2, 0.25) is 11.8 Å². The van der Waals surface area contributed by atoms with Gasteiger partial charge in [-0.05, 0) is 37.5 Å². The maximum absolute atomic E-state index is 13.0. The highest BCUT2D eigenvalue weighted by Gasteiger charge is 2.26. The number of carbonyl (C=O) groups is 2. The molecule has 1 saturated heterocycles. The second kappa shape index (κ2) is 8.78. The third kappa shape index (κ3) is 5.03. The molecule has 1 aromatic carbocycles. The maximum atomic E-state index is 13.0. The van der Waals surface area contributed by atoms with Crippen LogP contribution < -0.4 is 5.32 Å². The monoisotopic (exact) mass is 336 g/mol. The van der Waals surface area contributed by atoms with Crippen molar-refractivity contribution in [1.29, 1.82) is 0 Å². The number of rotatable bonds is 7. The Morgan fingerprint density at radius 3 is 2.67 bits per heavy atom. The molecule has 1 fully saturated rings. The summed E-state index contributed by atoms with van der Waals surface area (Å²) in [6.07, 6.45) is 2.33. The number of hydrogen-bond donors (Lipinski definition) is 1. The summed E-state index contributed by atoms with van der Waals surface area (Å²) in [4.78, 5) is 26.1. The second-order valence-corrected chi connectivity index (χ2v) is 6.06. The molecule has 24 heavy (non-hydrogen) atoms. The number of nitrogens with one attached hydrogen (secondary N) is 1. The van der Waals surface area contributed by atoms with Gasteiger partial charge in [0.25, 0.3) is 0 Å². The summed E-state index contributed by atoms with van der Waals surface area (Å²) in [5.41, 5.74) is 0.789. The quantitative estimate of drug-likeness (QED) is 0.831. The van der Waals surface area contributed by atoms with Crippen LogP contribution >= 0.6 is 0 Å². The Morgan fingerprint density at radius 2 is 2.08 bits per heavy atom. The van der Waals surface area contributed by atoms with Crippen molar-refractivity contribution in [1.82, 2.24) is 10.2 Å². The molecule has 0 bridgehead atoms. The van der Waals surface area contributed by atoms with E-state index in [4.69, 9.17) is 4.74 Å². The number of hydrogen-bond acceptors (Lipinski definition) is 3. The van der Waals surface area contributed by atoms with Crippen LogP contribution in [0.25, 0.3) is 0 Å². The van der Waals surface area contributed by atoms with Crippen LogP contribution in [0.2, 0.25) is 0 Å². The SMILES string of the molecule is CCC(=O)N(Cc1ccc(F)cc1)[C@H](C)C(=O)NC[C@H]1CCCO1. The number of carbonyl (C=O) groups excluding carboxylic acids is 2. The first-order chi connectivity index (χ1) is 11.5. The molecule has 2 atom stereocenters. The molecule has 2 rings (SSSR count). The number of amides is 2. The van der Waals surface area contributed by atoms with Gasteiger partial charge in [-0.25, -0.2) is 4.39 Å². The first kappa shape index (κ1) is 18.4. The Labute approximate surface area is 142 Å². The van der Waals surface area contributed by atoms with Gasteiger partial charge in [-0.3, -0.25) is 9.59 Å². The van der Waals surface area contributed by atoms with Crippen LogP contribution in [-0.4, -0.2) is 42.0 Å². The van der Waals surface area contributed by atoms with Crippen LogP contribution in [0, 0.1) is 5.82 Å². The summed E-state index contributed by atoms with van der Waals surface area (Å²) >= 11 is 0. The van der Waals surface area contributed by atoms with Crippen molar-refractivity contribution in [2.45, 2.75) is 51.8 Å². The third-order valence-electron chi connectivity index (χ3n) is 4.26. The average Bonchev–Trinajstić information content (AvgIpc) is 3.11. The number of ether oxygens (including phenoxy) is 1. The van der Waals surface area contributed by atoms with E-state index in [0.717, 1.165) is 25.0 Å².